The van der Waals surface area contributed by atoms with Gasteiger partial charge in [0.25, 0.3) is 10.1 Å². The first kappa shape index (κ1) is 16.4. The fraction of sp³-hybridized carbons (Fsp3) is 0.125. The Morgan fingerprint density at radius 2 is 1.50 bits per heavy atom. The van der Waals surface area contributed by atoms with Crippen molar-refractivity contribution in [2.24, 2.45) is 0 Å². The van der Waals surface area contributed by atoms with Gasteiger partial charge in [-0.05, 0) is 24.3 Å². The number of hydrogen-bond acceptors (Lipinski definition) is 5. The first-order valence-electron chi connectivity index (χ1n) is 4.59. The third-order valence-electron chi connectivity index (χ3n) is 2.00. The molecule has 1 rings (SSSR count). The summed E-state index contributed by atoms with van der Waals surface area (Å²) < 4.78 is 84.6. The average Bonchev–Trinajstić information content (AvgIpc) is 2.26. The van der Waals surface area contributed by atoms with Gasteiger partial charge in [0.1, 0.15) is 0 Å². The predicted octanol–water partition coefficient (Wildman–Crippen LogP) is 0.352. The van der Waals surface area contributed by atoms with Gasteiger partial charge in [0.15, 0.2) is 0 Å². The van der Waals surface area contributed by atoms with Crippen LogP contribution in [0, 0.1) is 0 Å². The minimum atomic E-state index is -5.93. The van der Waals surface area contributed by atoms with Crippen molar-refractivity contribution >= 4 is 31.8 Å². The molecule has 0 spiro atoms. The van der Waals surface area contributed by atoms with E-state index in [0.717, 1.165) is 24.3 Å². The molecule has 112 valence electrons. The maximum atomic E-state index is 12.9. The van der Waals surface area contributed by atoms with Gasteiger partial charge in [-0.15, -0.1) is 0 Å². The first-order chi connectivity index (χ1) is 8.85. The molecule has 0 unspecified atom stereocenters. The molecular formula is C8H7F2NO7S2. The monoisotopic (exact) mass is 331 g/mol. The van der Waals surface area contributed by atoms with Gasteiger partial charge in [-0.25, -0.2) is 0 Å². The Hall–Kier alpha value is -1.63. The summed E-state index contributed by atoms with van der Waals surface area (Å²) >= 11 is 0. The molecule has 1 aromatic carbocycles. The van der Waals surface area contributed by atoms with Crippen LogP contribution in [-0.4, -0.2) is 37.1 Å². The lowest BCUT2D eigenvalue weighted by molar-refractivity contribution is -0.130. The zero-order valence-electron chi connectivity index (χ0n) is 9.32. The van der Waals surface area contributed by atoms with Gasteiger partial charge >= 0.3 is 21.3 Å². The van der Waals surface area contributed by atoms with Crippen LogP contribution >= 0.6 is 0 Å². The lowest BCUT2D eigenvalue weighted by Gasteiger charge is -2.12. The zero-order chi connectivity index (χ0) is 15.8. The van der Waals surface area contributed by atoms with Crippen molar-refractivity contribution in [1.82, 2.24) is 0 Å². The molecule has 0 atom stereocenters. The highest BCUT2D eigenvalue weighted by Gasteiger charge is 2.52. The summed E-state index contributed by atoms with van der Waals surface area (Å²) in [7, 11) is -10.4. The Morgan fingerprint density at radius 1 is 1.05 bits per heavy atom. The number of carbonyl (C=O) groups is 1. The lowest BCUT2D eigenvalue weighted by Crippen LogP contribution is -2.41. The van der Waals surface area contributed by atoms with Crippen LogP contribution in [0.5, 0.6) is 0 Å². The summed E-state index contributed by atoms with van der Waals surface area (Å²) in [6.45, 7) is 0. The third kappa shape index (κ3) is 3.47. The SMILES string of the molecule is O=C(Nc1ccc(S(=O)(=O)O)cc1)C(F)(F)S(=O)(=O)O. The largest absolute Gasteiger partial charge is 0.446 e. The highest BCUT2D eigenvalue weighted by atomic mass is 32.2. The van der Waals surface area contributed by atoms with Crippen LogP contribution in [0.25, 0.3) is 0 Å². The summed E-state index contributed by atoms with van der Waals surface area (Å²) in [4.78, 5) is 10.4. The summed E-state index contributed by atoms with van der Waals surface area (Å²) in [6.07, 6.45) is 0. The van der Waals surface area contributed by atoms with E-state index < -0.39 is 36.3 Å². The molecule has 0 aromatic heterocycles. The van der Waals surface area contributed by atoms with Crippen molar-refractivity contribution in [3.8, 4) is 0 Å². The number of halogens is 2. The van der Waals surface area contributed by atoms with Gasteiger partial charge in [-0.1, -0.05) is 0 Å². The molecule has 0 aliphatic carbocycles. The molecule has 0 heterocycles. The molecule has 0 radical (unpaired) electrons. The Kier molecular flexibility index (Phi) is 4.14. The van der Waals surface area contributed by atoms with Crippen LogP contribution in [0.2, 0.25) is 0 Å². The van der Waals surface area contributed by atoms with Crippen molar-refractivity contribution in [1.29, 1.82) is 0 Å². The number of hydrogen-bond donors (Lipinski definition) is 3. The van der Waals surface area contributed by atoms with Crippen LogP contribution < -0.4 is 5.32 Å². The number of alkyl halides is 2. The fourth-order valence-corrected chi connectivity index (χ4v) is 1.80. The quantitative estimate of drug-likeness (QED) is 0.677. The van der Waals surface area contributed by atoms with E-state index in [1.54, 1.807) is 0 Å². The normalized spacial score (nSPS) is 13.0. The summed E-state index contributed by atoms with van der Waals surface area (Å²) in [5.74, 6) is -2.32. The van der Waals surface area contributed by atoms with Gasteiger partial charge in [0.2, 0.25) is 0 Å². The van der Waals surface area contributed by atoms with Crippen LogP contribution in [0.1, 0.15) is 0 Å². The second kappa shape index (κ2) is 5.05. The second-order valence-corrected chi connectivity index (χ2v) is 6.33. The van der Waals surface area contributed by atoms with E-state index in [1.807, 2.05) is 0 Å². The van der Waals surface area contributed by atoms with Crippen molar-refractivity contribution in [3.05, 3.63) is 24.3 Å². The topological polar surface area (TPSA) is 138 Å². The van der Waals surface area contributed by atoms with Gasteiger partial charge in [-0.2, -0.15) is 25.6 Å². The number of benzene rings is 1. The van der Waals surface area contributed by atoms with E-state index in [1.165, 1.54) is 5.32 Å². The Bertz CT molecular complexity index is 725. The van der Waals surface area contributed by atoms with Crippen molar-refractivity contribution in [3.63, 3.8) is 0 Å². The number of amides is 1. The molecule has 0 saturated heterocycles. The van der Waals surface area contributed by atoms with E-state index >= 15 is 0 Å². The highest BCUT2D eigenvalue weighted by Crippen LogP contribution is 2.23. The molecule has 12 heteroatoms. The van der Waals surface area contributed by atoms with Gasteiger partial charge in [-0.3, -0.25) is 13.9 Å². The van der Waals surface area contributed by atoms with Crippen molar-refractivity contribution in [2.45, 2.75) is 10.2 Å². The van der Waals surface area contributed by atoms with E-state index in [4.69, 9.17) is 9.11 Å². The van der Waals surface area contributed by atoms with Crippen LogP contribution in [0.4, 0.5) is 14.5 Å². The molecule has 0 aliphatic rings. The number of anilines is 1. The average molecular weight is 331 g/mol. The Morgan fingerprint density at radius 3 is 1.85 bits per heavy atom. The summed E-state index contributed by atoms with van der Waals surface area (Å²) in [5.41, 5.74) is -0.370. The zero-order valence-corrected chi connectivity index (χ0v) is 11.0. The van der Waals surface area contributed by atoms with Gasteiger partial charge in [0.05, 0.1) is 4.90 Å². The predicted molar refractivity (Wildman–Crippen MR) is 61.4 cm³/mol. The fourth-order valence-electron chi connectivity index (χ4n) is 1.03. The molecule has 3 N–H and O–H groups in total. The smallest absolute Gasteiger partial charge is 0.320 e. The third-order valence-corrected chi connectivity index (χ3v) is 3.70. The lowest BCUT2D eigenvalue weighted by atomic mass is 10.3. The Balaban J connectivity index is 2.99. The highest BCUT2D eigenvalue weighted by molar-refractivity contribution is 7.87. The molecule has 1 aromatic rings. The molecule has 0 saturated carbocycles. The van der Waals surface area contributed by atoms with E-state index in [-0.39, 0.29) is 5.69 Å². The van der Waals surface area contributed by atoms with E-state index in [9.17, 15) is 30.4 Å². The number of carbonyl (C=O) groups excluding carboxylic acids is 1. The van der Waals surface area contributed by atoms with Gasteiger partial charge < -0.3 is 5.32 Å². The maximum Gasteiger partial charge on any atom is 0.446 e. The van der Waals surface area contributed by atoms with Crippen molar-refractivity contribution < 1.29 is 39.5 Å². The molecule has 1 amide bonds. The Labute approximate surface area is 111 Å². The standard InChI is InChI=1S/C8H7F2NO7S2/c9-8(10,20(16,17)18)7(12)11-5-1-3-6(4-2-5)19(13,14)15/h1-4H,(H,11,12)(H,13,14,15)(H,16,17,18). The minimum absolute atomic E-state index is 0.370. The van der Waals surface area contributed by atoms with Crippen LogP contribution in [0.3, 0.4) is 0 Å². The minimum Gasteiger partial charge on any atom is -0.320 e. The van der Waals surface area contributed by atoms with Gasteiger partial charge in [0, 0.05) is 5.69 Å². The molecular weight excluding hydrogens is 324 g/mol. The van der Waals surface area contributed by atoms with Crippen LogP contribution in [-0.2, 0) is 25.0 Å². The molecule has 20 heavy (non-hydrogen) atoms. The molecule has 0 aliphatic heterocycles. The molecule has 0 bridgehead atoms. The number of rotatable bonds is 4. The van der Waals surface area contributed by atoms with E-state index in [0.29, 0.717) is 0 Å². The second-order valence-electron chi connectivity index (χ2n) is 3.45. The molecule has 0 fully saturated rings. The van der Waals surface area contributed by atoms with Crippen molar-refractivity contribution in [2.75, 3.05) is 5.32 Å². The first-order valence-corrected chi connectivity index (χ1v) is 7.47. The summed E-state index contributed by atoms with van der Waals surface area (Å²) in [6, 6.07) is 3.25. The maximum absolute atomic E-state index is 12.9. The van der Waals surface area contributed by atoms with Crippen LogP contribution in [0.15, 0.2) is 29.2 Å². The summed E-state index contributed by atoms with van der Waals surface area (Å²) in [5, 5.41) is -3.60. The van der Waals surface area contributed by atoms with E-state index in [2.05, 4.69) is 0 Å². The molecule has 8 nitrogen and oxygen atoms in total. The number of nitrogens with one attached hydrogen (secondary N) is 1.